The lowest BCUT2D eigenvalue weighted by molar-refractivity contribution is -0.00259. The molecule has 1 aromatic heterocycles. The Morgan fingerprint density at radius 3 is 3.05 bits per heavy atom. The van der Waals surface area contributed by atoms with Crippen molar-refractivity contribution >= 4 is 0 Å². The van der Waals surface area contributed by atoms with Crippen molar-refractivity contribution in [1.82, 2.24) is 14.7 Å². The molecule has 1 fully saturated rings. The minimum atomic E-state index is 0.401. The Hall–Kier alpha value is -1.65. The first-order valence-corrected chi connectivity index (χ1v) is 7.70. The van der Waals surface area contributed by atoms with Gasteiger partial charge in [-0.2, -0.15) is 5.10 Å². The largest absolute Gasteiger partial charge is 0.377 e. The fraction of sp³-hybridized carbons (Fsp3) is 0.471. The summed E-state index contributed by atoms with van der Waals surface area (Å²) in [6.07, 6.45) is 7.88. The minimum absolute atomic E-state index is 0.401. The highest BCUT2D eigenvalue weighted by Crippen LogP contribution is 2.15. The molecule has 1 aromatic carbocycles. The third kappa shape index (κ3) is 3.93. The zero-order valence-electron chi connectivity index (χ0n) is 12.6. The molecule has 112 valence electrons. The second-order valence-corrected chi connectivity index (χ2v) is 5.81. The maximum Gasteiger partial charge on any atom is 0.0702 e. The maximum absolute atomic E-state index is 5.81. The van der Waals surface area contributed by atoms with Crippen LogP contribution in [0.5, 0.6) is 0 Å². The Balaban J connectivity index is 1.60. The second kappa shape index (κ2) is 6.87. The highest BCUT2D eigenvalue weighted by molar-refractivity contribution is 5.34. The lowest BCUT2D eigenvalue weighted by Gasteiger charge is -2.27. The van der Waals surface area contributed by atoms with Crippen molar-refractivity contribution in [3.63, 3.8) is 0 Å². The number of hydrogen-bond acceptors (Lipinski definition) is 3. The molecule has 2 aromatic rings. The van der Waals surface area contributed by atoms with Crippen molar-refractivity contribution in [3.8, 4) is 5.69 Å². The van der Waals surface area contributed by atoms with Crippen LogP contribution in [0.4, 0.5) is 0 Å². The van der Waals surface area contributed by atoms with Crippen LogP contribution < -0.4 is 0 Å². The van der Waals surface area contributed by atoms with Gasteiger partial charge in [0.1, 0.15) is 0 Å². The van der Waals surface area contributed by atoms with E-state index in [0.717, 1.165) is 25.4 Å². The van der Waals surface area contributed by atoms with Gasteiger partial charge < -0.3 is 4.74 Å². The van der Waals surface area contributed by atoms with Crippen LogP contribution in [0.3, 0.4) is 0 Å². The number of benzene rings is 1. The van der Waals surface area contributed by atoms with Crippen molar-refractivity contribution < 1.29 is 4.74 Å². The molecule has 0 unspecified atom stereocenters. The molecule has 2 heterocycles. The highest BCUT2D eigenvalue weighted by atomic mass is 16.5. The molecule has 1 aliphatic rings. The summed E-state index contributed by atoms with van der Waals surface area (Å²) in [5.74, 6) is 0. The number of rotatable bonds is 5. The van der Waals surface area contributed by atoms with E-state index in [0.29, 0.717) is 6.10 Å². The van der Waals surface area contributed by atoms with Crippen molar-refractivity contribution in [2.75, 3.05) is 20.2 Å². The molecular formula is C17H23N3O. The van der Waals surface area contributed by atoms with E-state index in [2.05, 4.69) is 41.3 Å². The molecule has 3 rings (SSSR count). The Morgan fingerprint density at radius 2 is 2.29 bits per heavy atom. The van der Waals surface area contributed by atoms with Crippen LogP contribution in [0, 0.1) is 0 Å². The molecule has 0 radical (unpaired) electrons. The summed E-state index contributed by atoms with van der Waals surface area (Å²) in [5.41, 5.74) is 2.42. The molecular weight excluding hydrogens is 262 g/mol. The van der Waals surface area contributed by atoms with Crippen molar-refractivity contribution in [3.05, 3.63) is 48.3 Å². The third-order valence-corrected chi connectivity index (χ3v) is 3.92. The molecule has 1 atom stereocenters. The summed E-state index contributed by atoms with van der Waals surface area (Å²) in [6.45, 7) is 2.87. The Kier molecular flexibility index (Phi) is 4.68. The van der Waals surface area contributed by atoms with E-state index >= 15 is 0 Å². The van der Waals surface area contributed by atoms with Crippen LogP contribution in [0.15, 0.2) is 42.7 Å². The molecule has 4 heteroatoms. The quantitative estimate of drug-likeness (QED) is 0.846. The van der Waals surface area contributed by atoms with E-state index in [-0.39, 0.29) is 0 Å². The summed E-state index contributed by atoms with van der Waals surface area (Å²) in [6, 6.07) is 10.5. The number of ether oxygens (including phenoxy) is 1. The van der Waals surface area contributed by atoms with Crippen LogP contribution in [-0.4, -0.2) is 41.0 Å². The summed E-state index contributed by atoms with van der Waals surface area (Å²) in [4.78, 5) is 2.35. The van der Waals surface area contributed by atoms with Crippen LogP contribution in [0.1, 0.15) is 24.8 Å². The number of likely N-dealkylation sites (N-methyl/N-ethyl adjacent to an activating group) is 1. The molecule has 4 nitrogen and oxygen atoms in total. The van der Waals surface area contributed by atoms with Gasteiger partial charge in [-0.25, -0.2) is 4.68 Å². The van der Waals surface area contributed by atoms with Crippen LogP contribution in [0.2, 0.25) is 0 Å². The van der Waals surface area contributed by atoms with Gasteiger partial charge in [-0.15, -0.1) is 0 Å². The topological polar surface area (TPSA) is 30.3 Å². The summed E-state index contributed by atoms with van der Waals surface area (Å²) >= 11 is 0. The predicted molar refractivity (Wildman–Crippen MR) is 83.5 cm³/mol. The van der Waals surface area contributed by atoms with E-state index in [1.54, 1.807) is 6.20 Å². The molecule has 21 heavy (non-hydrogen) atoms. The van der Waals surface area contributed by atoms with Crippen molar-refractivity contribution in [1.29, 1.82) is 0 Å². The first-order valence-electron chi connectivity index (χ1n) is 7.70. The summed E-state index contributed by atoms with van der Waals surface area (Å²) in [7, 11) is 2.17. The SMILES string of the molecule is CN(Cc1cccc(-n2cccn2)c1)C[C@H]1CCCCO1. The number of nitrogens with zero attached hydrogens (tertiary/aromatic N) is 3. The van der Waals surface area contributed by atoms with Crippen molar-refractivity contribution in [2.24, 2.45) is 0 Å². The highest BCUT2D eigenvalue weighted by Gasteiger charge is 2.15. The van der Waals surface area contributed by atoms with Gasteiger partial charge >= 0.3 is 0 Å². The van der Waals surface area contributed by atoms with Crippen LogP contribution in [-0.2, 0) is 11.3 Å². The lowest BCUT2D eigenvalue weighted by Crippen LogP contribution is -2.33. The van der Waals surface area contributed by atoms with Gasteiger partial charge in [-0.3, -0.25) is 4.90 Å². The Labute approximate surface area is 126 Å². The van der Waals surface area contributed by atoms with Gasteiger partial charge in [0.25, 0.3) is 0 Å². The van der Waals surface area contributed by atoms with E-state index < -0.39 is 0 Å². The molecule has 0 bridgehead atoms. The third-order valence-electron chi connectivity index (χ3n) is 3.92. The molecule has 1 saturated heterocycles. The van der Waals surface area contributed by atoms with Gasteiger partial charge in [-0.05, 0) is 50.1 Å². The van der Waals surface area contributed by atoms with Gasteiger partial charge in [-0.1, -0.05) is 12.1 Å². The average Bonchev–Trinajstić information content (AvgIpc) is 3.02. The zero-order valence-corrected chi connectivity index (χ0v) is 12.6. The number of aromatic nitrogens is 2. The zero-order chi connectivity index (χ0) is 14.5. The molecule has 0 saturated carbocycles. The van der Waals surface area contributed by atoms with Gasteiger partial charge in [0.2, 0.25) is 0 Å². The van der Waals surface area contributed by atoms with Crippen LogP contribution in [0.25, 0.3) is 5.69 Å². The Bertz CT molecular complexity index is 547. The van der Waals surface area contributed by atoms with E-state index in [4.69, 9.17) is 4.74 Å². The minimum Gasteiger partial charge on any atom is -0.377 e. The molecule has 0 N–H and O–H groups in total. The smallest absolute Gasteiger partial charge is 0.0702 e. The van der Waals surface area contributed by atoms with Crippen LogP contribution >= 0.6 is 0 Å². The first-order chi connectivity index (χ1) is 10.3. The first kappa shape index (κ1) is 14.3. The monoisotopic (exact) mass is 285 g/mol. The van der Waals surface area contributed by atoms with Gasteiger partial charge in [0.15, 0.2) is 0 Å². The van der Waals surface area contributed by atoms with E-state index in [9.17, 15) is 0 Å². The normalized spacial score (nSPS) is 19.0. The lowest BCUT2D eigenvalue weighted by atomic mass is 10.1. The predicted octanol–water partition coefficient (Wildman–Crippen LogP) is 2.87. The summed E-state index contributed by atoms with van der Waals surface area (Å²) < 4.78 is 7.71. The van der Waals surface area contributed by atoms with Crippen molar-refractivity contribution in [2.45, 2.75) is 31.9 Å². The fourth-order valence-corrected chi connectivity index (χ4v) is 2.89. The molecule has 0 amide bonds. The maximum atomic E-state index is 5.81. The number of hydrogen-bond donors (Lipinski definition) is 0. The second-order valence-electron chi connectivity index (χ2n) is 5.81. The van der Waals surface area contributed by atoms with Gasteiger partial charge in [0.05, 0.1) is 11.8 Å². The molecule has 0 spiro atoms. The molecule has 1 aliphatic heterocycles. The molecule has 0 aliphatic carbocycles. The van der Waals surface area contributed by atoms with E-state index in [1.807, 2.05) is 16.9 Å². The average molecular weight is 285 g/mol. The fourth-order valence-electron chi connectivity index (χ4n) is 2.89. The van der Waals surface area contributed by atoms with Gasteiger partial charge in [0, 0.05) is 32.1 Å². The Morgan fingerprint density at radius 1 is 1.33 bits per heavy atom. The summed E-state index contributed by atoms with van der Waals surface area (Å²) in [5, 5.41) is 4.28. The van der Waals surface area contributed by atoms with E-state index in [1.165, 1.54) is 24.8 Å². The standard InChI is InChI=1S/C17H23N3O/c1-19(14-17-8-2-3-11-21-17)13-15-6-4-7-16(12-15)20-10-5-9-18-20/h4-7,9-10,12,17H,2-3,8,11,13-14H2,1H3/t17-/m1/s1.